The predicted molar refractivity (Wildman–Crippen MR) is 57.8 cm³/mol. The molecule has 0 amide bonds. The first-order valence-electron chi connectivity index (χ1n) is 4.41. The molecule has 0 saturated carbocycles. The molecule has 0 N–H and O–H groups in total. The molecule has 0 fully saturated rings. The molecule has 0 bridgehead atoms. The zero-order valence-corrected chi connectivity index (χ0v) is 9.47. The molecule has 1 unspecified atom stereocenters. The highest BCUT2D eigenvalue weighted by Gasteiger charge is 2.38. The van der Waals surface area contributed by atoms with Gasteiger partial charge in [0.25, 0.3) is 5.54 Å². The maximum Gasteiger partial charge on any atom is 0.278 e. The SMILES string of the molecule is [C-]#[N+]C1(C)COCc2ccc(Br)cc21. The highest BCUT2D eigenvalue weighted by Crippen LogP contribution is 2.35. The summed E-state index contributed by atoms with van der Waals surface area (Å²) < 4.78 is 6.43. The van der Waals surface area contributed by atoms with Crippen LogP contribution in [0, 0.1) is 6.57 Å². The Morgan fingerprint density at radius 3 is 3.07 bits per heavy atom. The van der Waals surface area contributed by atoms with Crippen molar-refractivity contribution in [2.24, 2.45) is 0 Å². The zero-order chi connectivity index (χ0) is 10.2. The molecule has 1 aliphatic heterocycles. The van der Waals surface area contributed by atoms with Gasteiger partial charge in [-0.1, -0.05) is 22.0 Å². The molecule has 0 spiro atoms. The van der Waals surface area contributed by atoms with Gasteiger partial charge in [0.1, 0.15) is 6.61 Å². The van der Waals surface area contributed by atoms with Crippen molar-refractivity contribution < 1.29 is 4.74 Å². The van der Waals surface area contributed by atoms with Gasteiger partial charge in [-0.05, 0) is 17.7 Å². The highest BCUT2D eigenvalue weighted by atomic mass is 79.9. The van der Waals surface area contributed by atoms with E-state index in [0.717, 1.165) is 15.6 Å². The first kappa shape index (κ1) is 9.70. The molecule has 72 valence electrons. The number of rotatable bonds is 0. The summed E-state index contributed by atoms with van der Waals surface area (Å²) in [7, 11) is 0. The molecule has 1 atom stereocenters. The van der Waals surface area contributed by atoms with Crippen molar-refractivity contribution in [3.63, 3.8) is 0 Å². The summed E-state index contributed by atoms with van der Waals surface area (Å²) in [5.41, 5.74) is 1.70. The molecule has 1 aliphatic rings. The topological polar surface area (TPSA) is 13.6 Å². The van der Waals surface area contributed by atoms with Crippen LogP contribution in [0.25, 0.3) is 4.85 Å². The van der Waals surface area contributed by atoms with E-state index >= 15 is 0 Å². The van der Waals surface area contributed by atoms with E-state index in [1.54, 1.807) is 0 Å². The van der Waals surface area contributed by atoms with Crippen LogP contribution in [0.5, 0.6) is 0 Å². The van der Waals surface area contributed by atoms with E-state index < -0.39 is 5.54 Å². The van der Waals surface area contributed by atoms with E-state index in [2.05, 4.69) is 20.8 Å². The number of halogens is 1. The highest BCUT2D eigenvalue weighted by molar-refractivity contribution is 9.10. The third-order valence-electron chi connectivity index (χ3n) is 2.54. The van der Waals surface area contributed by atoms with Crippen LogP contribution >= 0.6 is 15.9 Å². The summed E-state index contributed by atoms with van der Waals surface area (Å²) in [5, 5.41) is 0. The fraction of sp³-hybridized carbons (Fsp3) is 0.364. The number of nitrogens with zero attached hydrogens (tertiary/aromatic N) is 1. The second-order valence-corrected chi connectivity index (χ2v) is 4.60. The van der Waals surface area contributed by atoms with Crippen molar-refractivity contribution in [2.75, 3.05) is 6.61 Å². The van der Waals surface area contributed by atoms with Crippen LogP contribution in [-0.2, 0) is 16.9 Å². The number of hydrogen-bond acceptors (Lipinski definition) is 1. The summed E-state index contributed by atoms with van der Waals surface area (Å²) >= 11 is 3.43. The van der Waals surface area contributed by atoms with Gasteiger partial charge in [-0.15, -0.1) is 0 Å². The van der Waals surface area contributed by atoms with Crippen molar-refractivity contribution in [2.45, 2.75) is 19.1 Å². The molecular weight excluding hydrogens is 242 g/mol. The summed E-state index contributed by atoms with van der Waals surface area (Å²) in [4.78, 5) is 3.67. The van der Waals surface area contributed by atoms with Gasteiger partial charge in [0.2, 0.25) is 0 Å². The second kappa shape index (κ2) is 3.38. The first-order chi connectivity index (χ1) is 6.65. The monoisotopic (exact) mass is 251 g/mol. The van der Waals surface area contributed by atoms with Crippen LogP contribution in [0.4, 0.5) is 0 Å². The Morgan fingerprint density at radius 1 is 1.57 bits per heavy atom. The third-order valence-corrected chi connectivity index (χ3v) is 3.03. The van der Waals surface area contributed by atoms with E-state index in [9.17, 15) is 0 Å². The normalized spacial score (nSPS) is 25.2. The Kier molecular flexibility index (Phi) is 2.34. The van der Waals surface area contributed by atoms with Crippen LogP contribution < -0.4 is 0 Å². The summed E-state index contributed by atoms with van der Waals surface area (Å²) in [6.07, 6.45) is 0. The molecule has 1 aromatic carbocycles. The van der Waals surface area contributed by atoms with Crippen LogP contribution in [0.2, 0.25) is 0 Å². The van der Waals surface area contributed by atoms with Crippen molar-refractivity contribution in [1.82, 2.24) is 0 Å². The molecule has 0 radical (unpaired) electrons. The van der Waals surface area contributed by atoms with Gasteiger partial charge in [0.15, 0.2) is 0 Å². The smallest absolute Gasteiger partial charge is 0.278 e. The number of benzene rings is 1. The number of fused-ring (bicyclic) bond motifs is 1. The third kappa shape index (κ3) is 1.45. The zero-order valence-electron chi connectivity index (χ0n) is 7.88. The maximum absolute atomic E-state index is 7.22. The van der Waals surface area contributed by atoms with Gasteiger partial charge >= 0.3 is 0 Å². The Bertz CT molecular complexity index is 410. The van der Waals surface area contributed by atoms with Gasteiger partial charge in [-0.3, -0.25) is 0 Å². The molecule has 3 heteroatoms. The minimum absolute atomic E-state index is 0.486. The standard InChI is InChI=1S/C11H10BrNO/c1-11(13-2)7-14-6-8-3-4-9(12)5-10(8)11/h3-5H,6-7H2,1H3. The van der Waals surface area contributed by atoms with Gasteiger partial charge < -0.3 is 9.58 Å². The van der Waals surface area contributed by atoms with Crippen LogP contribution in [0.15, 0.2) is 22.7 Å². The van der Waals surface area contributed by atoms with Crippen molar-refractivity contribution >= 4 is 15.9 Å². The Hall–Kier alpha value is -0.850. The van der Waals surface area contributed by atoms with E-state index in [1.165, 1.54) is 0 Å². The molecular formula is C11H10BrNO. The van der Waals surface area contributed by atoms with Crippen molar-refractivity contribution in [3.05, 3.63) is 45.2 Å². The minimum atomic E-state index is -0.517. The summed E-state index contributed by atoms with van der Waals surface area (Å²) in [5.74, 6) is 0. The van der Waals surface area contributed by atoms with Crippen LogP contribution in [0.1, 0.15) is 18.1 Å². The Labute approximate surface area is 91.8 Å². The predicted octanol–water partition coefficient (Wildman–Crippen LogP) is 3.11. The van der Waals surface area contributed by atoms with E-state index in [-0.39, 0.29) is 0 Å². The lowest BCUT2D eigenvalue weighted by Crippen LogP contribution is -2.30. The molecule has 2 nitrogen and oxygen atoms in total. The summed E-state index contributed by atoms with van der Waals surface area (Å²) in [6, 6.07) is 6.02. The fourth-order valence-electron chi connectivity index (χ4n) is 1.71. The average molecular weight is 252 g/mol. The number of hydrogen-bond donors (Lipinski definition) is 0. The first-order valence-corrected chi connectivity index (χ1v) is 5.20. The Balaban J connectivity index is 2.59. The molecule has 1 heterocycles. The lowest BCUT2D eigenvalue weighted by atomic mass is 9.88. The average Bonchev–Trinajstić information content (AvgIpc) is 2.20. The maximum atomic E-state index is 7.22. The van der Waals surface area contributed by atoms with Crippen molar-refractivity contribution in [3.8, 4) is 0 Å². The van der Waals surface area contributed by atoms with Gasteiger partial charge in [0, 0.05) is 17.0 Å². The largest absolute Gasteiger partial charge is 0.368 e. The van der Waals surface area contributed by atoms with E-state index in [0.29, 0.717) is 13.2 Å². The molecule has 2 rings (SSSR count). The van der Waals surface area contributed by atoms with E-state index in [4.69, 9.17) is 11.3 Å². The molecule has 0 saturated heterocycles. The fourth-order valence-corrected chi connectivity index (χ4v) is 2.07. The lowest BCUT2D eigenvalue weighted by Gasteiger charge is -2.25. The summed E-state index contributed by atoms with van der Waals surface area (Å²) in [6.45, 7) is 10.3. The van der Waals surface area contributed by atoms with Gasteiger partial charge in [-0.2, -0.15) is 0 Å². The van der Waals surface area contributed by atoms with Crippen LogP contribution in [-0.4, -0.2) is 6.61 Å². The molecule has 0 aliphatic carbocycles. The van der Waals surface area contributed by atoms with Crippen LogP contribution in [0.3, 0.4) is 0 Å². The molecule has 14 heavy (non-hydrogen) atoms. The quantitative estimate of drug-likeness (QED) is 0.647. The Morgan fingerprint density at radius 2 is 2.36 bits per heavy atom. The lowest BCUT2D eigenvalue weighted by molar-refractivity contribution is 0.0728. The van der Waals surface area contributed by atoms with E-state index in [1.807, 2.05) is 25.1 Å². The minimum Gasteiger partial charge on any atom is -0.368 e. The molecule has 0 aromatic heterocycles. The number of ether oxygens (including phenoxy) is 1. The molecule has 1 aromatic rings. The van der Waals surface area contributed by atoms with Gasteiger partial charge in [0.05, 0.1) is 6.61 Å². The second-order valence-electron chi connectivity index (χ2n) is 3.68. The van der Waals surface area contributed by atoms with Gasteiger partial charge in [-0.25, -0.2) is 6.57 Å². The van der Waals surface area contributed by atoms with Crippen molar-refractivity contribution in [1.29, 1.82) is 0 Å².